The molecule has 0 fully saturated rings. The SMILES string of the molecule is C#CCN(CC(=O)O)C(=O)Nc1ccc([N+](=O)[O-])cc1Br. The predicted octanol–water partition coefficient (Wildman–Crippen LogP) is 1.91. The first-order valence-electron chi connectivity index (χ1n) is 5.50. The third kappa shape index (κ3) is 4.77. The maximum absolute atomic E-state index is 11.9. The summed E-state index contributed by atoms with van der Waals surface area (Å²) in [6.45, 7) is -0.733. The molecule has 0 saturated heterocycles. The molecule has 0 atom stereocenters. The largest absolute Gasteiger partial charge is 0.480 e. The average molecular weight is 356 g/mol. The summed E-state index contributed by atoms with van der Waals surface area (Å²) >= 11 is 3.09. The van der Waals surface area contributed by atoms with Gasteiger partial charge in [-0.05, 0) is 22.0 Å². The summed E-state index contributed by atoms with van der Waals surface area (Å²) in [5.41, 5.74) is 0.115. The molecule has 8 nitrogen and oxygen atoms in total. The molecule has 9 heteroatoms. The van der Waals surface area contributed by atoms with Crippen molar-refractivity contribution in [3.8, 4) is 12.3 Å². The van der Waals surface area contributed by atoms with Crippen LogP contribution in [0.25, 0.3) is 0 Å². The zero-order chi connectivity index (χ0) is 16.0. The van der Waals surface area contributed by atoms with E-state index in [2.05, 4.69) is 27.2 Å². The lowest BCUT2D eigenvalue weighted by Gasteiger charge is -2.19. The number of carboxylic acid groups (broad SMARTS) is 1. The van der Waals surface area contributed by atoms with Crippen molar-refractivity contribution in [2.24, 2.45) is 0 Å². The van der Waals surface area contributed by atoms with Crippen LogP contribution in [-0.4, -0.2) is 40.0 Å². The van der Waals surface area contributed by atoms with Gasteiger partial charge < -0.3 is 15.3 Å². The van der Waals surface area contributed by atoms with Gasteiger partial charge in [-0.2, -0.15) is 0 Å². The van der Waals surface area contributed by atoms with E-state index in [0.29, 0.717) is 4.47 Å². The zero-order valence-electron chi connectivity index (χ0n) is 10.6. The normalized spacial score (nSPS) is 9.52. The second-order valence-corrected chi connectivity index (χ2v) is 4.66. The smallest absolute Gasteiger partial charge is 0.323 e. The number of hydrogen-bond acceptors (Lipinski definition) is 4. The van der Waals surface area contributed by atoms with E-state index < -0.39 is 23.5 Å². The minimum absolute atomic E-state index is 0.147. The standard InChI is InChI=1S/C12H10BrN3O5/c1-2-5-15(7-11(17)18)12(19)14-10-4-3-8(16(20)21)6-9(10)13/h1,3-4,6H,5,7H2,(H,14,19)(H,17,18). The van der Waals surface area contributed by atoms with Crippen molar-refractivity contribution in [3.05, 3.63) is 32.8 Å². The van der Waals surface area contributed by atoms with Gasteiger partial charge in [-0.3, -0.25) is 14.9 Å². The van der Waals surface area contributed by atoms with Gasteiger partial charge in [0, 0.05) is 16.6 Å². The van der Waals surface area contributed by atoms with Crippen LogP contribution in [0.4, 0.5) is 16.2 Å². The molecule has 0 aromatic heterocycles. The Bertz CT molecular complexity index is 626. The number of nitrogens with zero attached hydrogens (tertiary/aromatic N) is 2. The lowest BCUT2D eigenvalue weighted by atomic mass is 10.3. The maximum atomic E-state index is 11.9. The summed E-state index contributed by atoms with van der Waals surface area (Å²) in [6.07, 6.45) is 5.07. The van der Waals surface area contributed by atoms with Crippen molar-refractivity contribution in [3.63, 3.8) is 0 Å². The van der Waals surface area contributed by atoms with Crippen LogP contribution >= 0.6 is 15.9 Å². The number of carbonyl (C=O) groups is 2. The van der Waals surface area contributed by atoms with Gasteiger partial charge in [-0.15, -0.1) is 6.42 Å². The van der Waals surface area contributed by atoms with E-state index in [1.165, 1.54) is 18.2 Å². The molecule has 0 spiro atoms. The molecule has 21 heavy (non-hydrogen) atoms. The van der Waals surface area contributed by atoms with Gasteiger partial charge in [0.05, 0.1) is 17.2 Å². The number of terminal acetylenes is 1. The number of rotatable bonds is 5. The van der Waals surface area contributed by atoms with Gasteiger partial charge >= 0.3 is 12.0 Å². The van der Waals surface area contributed by atoms with Gasteiger partial charge in [0.1, 0.15) is 6.54 Å². The Balaban J connectivity index is 2.88. The van der Waals surface area contributed by atoms with Gasteiger partial charge in [0.2, 0.25) is 0 Å². The number of nitro benzene ring substituents is 1. The molecule has 0 saturated carbocycles. The van der Waals surface area contributed by atoms with E-state index in [1.54, 1.807) is 0 Å². The highest BCUT2D eigenvalue weighted by molar-refractivity contribution is 9.10. The van der Waals surface area contributed by atoms with Gasteiger partial charge in [-0.25, -0.2) is 4.79 Å². The Labute approximate surface area is 128 Å². The topological polar surface area (TPSA) is 113 Å². The molecule has 1 rings (SSSR count). The second kappa shape index (κ2) is 7.25. The molecule has 0 radical (unpaired) electrons. The molecule has 0 bridgehead atoms. The zero-order valence-corrected chi connectivity index (χ0v) is 12.2. The van der Waals surface area contributed by atoms with Crippen molar-refractivity contribution in [1.29, 1.82) is 0 Å². The van der Waals surface area contributed by atoms with Crippen LogP contribution in [0.2, 0.25) is 0 Å². The summed E-state index contributed by atoms with van der Waals surface area (Å²) in [6, 6.07) is 3.04. The minimum atomic E-state index is -1.21. The fourth-order valence-electron chi connectivity index (χ4n) is 1.39. The first-order chi connectivity index (χ1) is 9.85. The number of carboxylic acids is 1. The Hall–Kier alpha value is -2.60. The molecule has 0 aliphatic carbocycles. The molecule has 1 aromatic rings. The molecule has 0 aliphatic heterocycles. The highest BCUT2D eigenvalue weighted by Crippen LogP contribution is 2.27. The minimum Gasteiger partial charge on any atom is -0.480 e. The fourth-order valence-corrected chi connectivity index (χ4v) is 1.85. The van der Waals surface area contributed by atoms with Crippen LogP contribution in [-0.2, 0) is 4.79 Å². The summed E-state index contributed by atoms with van der Waals surface area (Å²) in [7, 11) is 0. The van der Waals surface area contributed by atoms with Crippen LogP contribution in [0.3, 0.4) is 0 Å². The number of hydrogen-bond donors (Lipinski definition) is 2. The third-order valence-corrected chi connectivity index (χ3v) is 2.96. The molecule has 0 aliphatic rings. The summed E-state index contributed by atoms with van der Waals surface area (Å²) in [5, 5.41) is 21.7. The maximum Gasteiger partial charge on any atom is 0.323 e. The molecule has 0 heterocycles. The fraction of sp³-hybridized carbons (Fsp3) is 0.167. The van der Waals surface area contributed by atoms with Crippen LogP contribution in [0.15, 0.2) is 22.7 Å². The van der Waals surface area contributed by atoms with Crippen LogP contribution in [0.1, 0.15) is 0 Å². The summed E-state index contributed by atoms with van der Waals surface area (Å²) < 4.78 is 0.293. The van der Waals surface area contributed by atoms with Crippen molar-refractivity contribution >= 4 is 39.3 Å². The number of aliphatic carboxylic acids is 1. The van der Waals surface area contributed by atoms with Crippen molar-refractivity contribution < 1.29 is 19.6 Å². The molecule has 110 valence electrons. The first kappa shape index (κ1) is 16.5. The quantitative estimate of drug-likeness (QED) is 0.475. The van der Waals surface area contributed by atoms with E-state index in [9.17, 15) is 19.7 Å². The molecule has 2 N–H and O–H groups in total. The number of anilines is 1. The van der Waals surface area contributed by atoms with E-state index >= 15 is 0 Å². The molecule has 0 unspecified atom stereocenters. The number of non-ortho nitro benzene ring substituents is 1. The first-order valence-corrected chi connectivity index (χ1v) is 6.29. The Morgan fingerprint density at radius 2 is 2.19 bits per heavy atom. The number of carbonyl (C=O) groups excluding carboxylic acids is 1. The number of nitro groups is 1. The van der Waals surface area contributed by atoms with Crippen molar-refractivity contribution in [2.45, 2.75) is 0 Å². The van der Waals surface area contributed by atoms with Gasteiger partial charge in [0.15, 0.2) is 0 Å². The molecular formula is C12H10BrN3O5. The van der Waals surface area contributed by atoms with Crippen LogP contribution in [0, 0.1) is 22.5 Å². The Morgan fingerprint density at radius 3 is 2.67 bits per heavy atom. The molecule has 1 aromatic carbocycles. The highest BCUT2D eigenvalue weighted by Gasteiger charge is 2.17. The van der Waals surface area contributed by atoms with Crippen LogP contribution < -0.4 is 5.32 Å². The number of urea groups is 1. The Morgan fingerprint density at radius 1 is 1.52 bits per heavy atom. The second-order valence-electron chi connectivity index (χ2n) is 3.81. The highest BCUT2D eigenvalue weighted by atomic mass is 79.9. The number of amides is 2. The monoisotopic (exact) mass is 355 g/mol. The van der Waals surface area contributed by atoms with Gasteiger partial charge in [-0.1, -0.05) is 5.92 Å². The van der Waals surface area contributed by atoms with Crippen LogP contribution in [0.5, 0.6) is 0 Å². The van der Waals surface area contributed by atoms with E-state index in [4.69, 9.17) is 11.5 Å². The van der Waals surface area contributed by atoms with Crippen molar-refractivity contribution in [1.82, 2.24) is 4.90 Å². The number of nitrogens with one attached hydrogen (secondary N) is 1. The predicted molar refractivity (Wildman–Crippen MR) is 77.9 cm³/mol. The Kier molecular flexibility index (Phi) is 5.68. The van der Waals surface area contributed by atoms with Gasteiger partial charge in [0.25, 0.3) is 5.69 Å². The average Bonchev–Trinajstić information content (AvgIpc) is 2.39. The molecular weight excluding hydrogens is 346 g/mol. The van der Waals surface area contributed by atoms with Crippen molar-refractivity contribution in [2.75, 3.05) is 18.4 Å². The molecule has 2 amide bonds. The number of halogens is 1. The third-order valence-electron chi connectivity index (χ3n) is 2.30. The lowest BCUT2D eigenvalue weighted by molar-refractivity contribution is -0.384. The van der Waals surface area contributed by atoms with E-state index in [0.717, 1.165) is 4.90 Å². The lowest BCUT2D eigenvalue weighted by Crippen LogP contribution is -2.39. The van der Waals surface area contributed by atoms with E-state index in [-0.39, 0.29) is 17.9 Å². The number of benzene rings is 1. The summed E-state index contributed by atoms with van der Waals surface area (Å²) in [5.74, 6) is 0.974. The van der Waals surface area contributed by atoms with E-state index in [1.807, 2.05) is 0 Å². The summed E-state index contributed by atoms with van der Waals surface area (Å²) in [4.78, 5) is 33.5.